The summed E-state index contributed by atoms with van der Waals surface area (Å²) in [6.07, 6.45) is 0. The van der Waals surface area contributed by atoms with Crippen molar-refractivity contribution in [2.24, 2.45) is 0 Å². The summed E-state index contributed by atoms with van der Waals surface area (Å²) in [5.74, 6) is 0. The van der Waals surface area contributed by atoms with Crippen molar-refractivity contribution >= 4 is 44.0 Å². The summed E-state index contributed by atoms with van der Waals surface area (Å²) in [7, 11) is -3.97. The van der Waals surface area contributed by atoms with Crippen molar-refractivity contribution in [2.45, 2.75) is 37.1 Å². The van der Waals surface area contributed by atoms with Gasteiger partial charge in [0.05, 0.1) is 0 Å². The molecular weight excluding hydrogens is 311 g/mol. The first kappa shape index (κ1) is 18.0. The van der Waals surface area contributed by atoms with Gasteiger partial charge >= 0.3 is 7.82 Å². The summed E-state index contributed by atoms with van der Waals surface area (Å²) in [5.41, 5.74) is -2.78. The van der Waals surface area contributed by atoms with E-state index in [1.807, 2.05) is 0 Å². The van der Waals surface area contributed by atoms with Crippen LogP contribution in [0.5, 0.6) is 0 Å². The molecule has 0 aliphatic carbocycles. The van der Waals surface area contributed by atoms with Crippen LogP contribution in [0.3, 0.4) is 0 Å². The Hall–Kier alpha value is 1.04. The molecule has 3 N–H and O–H groups in total. The molecule has 0 fully saturated rings. The van der Waals surface area contributed by atoms with Crippen LogP contribution in [0.15, 0.2) is 0 Å². The Morgan fingerprint density at radius 3 is 1.24 bits per heavy atom. The van der Waals surface area contributed by atoms with Gasteiger partial charge in [-0.2, -0.15) is 0 Å². The fourth-order valence-electron chi connectivity index (χ4n) is 0.382. The Labute approximate surface area is 113 Å². The molecule has 0 aliphatic heterocycles. The Morgan fingerprint density at radius 1 is 0.824 bits per heavy atom. The van der Waals surface area contributed by atoms with E-state index in [2.05, 4.69) is 0 Å². The molecule has 7 nitrogen and oxygen atoms in total. The van der Waals surface area contributed by atoms with Gasteiger partial charge in [0.2, 0.25) is 0 Å². The first-order chi connectivity index (χ1) is 7.75. The molecule has 0 bridgehead atoms. The number of rotatable bonds is 9. The van der Waals surface area contributed by atoms with Gasteiger partial charge in [0.15, 0.2) is 0 Å². The maximum atomic E-state index is 11.9. The normalized spacial score (nSPS) is 20.6. The zero-order valence-corrected chi connectivity index (χ0v) is 12.7. The van der Waals surface area contributed by atoms with E-state index in [4.69, 9.17) is 27.2 Å². The Kier molecular flexibility index (Phi) is 9.58. The second-order valence-electron chi connectivity index (χ2n) is 2.76. The van der Waals surface area contributed by atoms with Crippen LogP contribution in [-0.4, -0.2) is 31.6 Å². The lowest BCUT2D eigenvalue weighted by Gasteiger charge is -2.16. The van der Waals surface area contributed by atoms with E-state index < -0.39 is 24.1 Å². The lowest BCUT2D eigenvalue weighted by molar-refractivity contribution is 0.257. The zero-order chi connectivity index (χ0) is 13.5. The Bertz CT molecular complexity index is 212. The number of aliphatic hydroxyl groups is 3. The third-order valence-electron chi connectivity index (χ3n) is 0.821. The van der Waals surface area contributed by atoms with Gasteiger partial charge in [-0.3, -0.25) is 0 Å². The van der Waals surface area contributed by atoms with E-state index in [-0.39, 0.29) is 0 Å². The molecule has 17 heavy (non-hydrogen) atoms. The van der Waals surface area contributed by atoms with Crippen molar-refractivity contribution in [1.82, 2.24) is 0 Å². The SMILES string of the molecule is CC(O)SOP(=O)(OSC(C)O)OSC(C)O. The lowest BCUT2D eigenvalue weighted by Crippen LogP contribution is -2.00. The van der Waals surface area contributed by atoms with Crippen LogP contribution in [-0.2, 0) is 16.5 Å². The Balaban J connectivity index is 4.29. The molecule has 0 heterocycles. The van der Waals surface area contributed by atoms with Gasteiger partial charge in [-0.25, -0.2) is 16.5 Å². The standard InChI is InChI=1S/C6H15O7PS3/c1-4(7)15-11-14(10,12-16-5(2)8)13-17-6(3)9/h4-9H,1-3H3. The smallest absolute Gasteiger partial charge is 0.380 e. The minimum atomic E-state index is -3.97. The molecule has 0 aromatic carbocycles. The fourth-order valence-corrected chi connectivity index (χ4v) is 4.11. The third kappa shape index (κ3) is 10.6. The molecule has 0 spiro atoms. The highest BCUT2D eigenvalue weighted by Gasteiger charge is 2.32. The van der Waals surface area contributed by atoms with Gasteiger partial charge in [0, 0.05) is 36.1 Å². The van der Waals surface area contributed by atoms with E-state index in [1.54, 1.807) is 0 Å². The van der Waals surface area contributed by atoms with Crippen LogP contribution in [0.4, 0.5) is 0 Å². The summed E-state index contributed by atoms with van der Waals surface area (Å²) < 4.78 is 26.0. The molecule has 3 unspecified atom stereocenters. The largest absolute Gasteiger partial charge is 0.508 e. The van der Waals surface area contributed by atoms with Crippen LogP contribution in [0.25, 0.3) is 0 Å². The molecule has 0 radical (unpaired) electrons. The van der Waals surface area contributed by atoms with Crippen molar-refractivity contribution in [3.05, 3.63) is 0 Å². The van der Waals surface area contributed by atoms with E-state index >= 15 is 0 Å². The average molecular weight is 326 g/mol. The predicted octanol–water partition coefficient (Wildman–Crippen LogP) is 2.10. The summed E-state index contributed by atoms with van der Waals surface area (Å²) in [5, 5.41) is 26.9. The molecule has 0 aromatic rings. The first-order valence-electron chi connectivity index (χ1n) is 4.44. The highest BCUT2D eigenvalue weighted by Crippen LogP contribution is 2.59. The quantitative estimate of drug-likeness (QED) is 0.331. The second-order valence-corrected chi connectivity index (χ2v) is 8.06. The predicted molar refractivity (Wildman–Crippen MR) is 68.7 cm³/mol. The van der Waals surface area contributed by atoms with E-state index in [1.165, 1.54) is 20.8 Å². The van der Waals surface area contributed by atoms with Crippen LogP contribution < -0.4 is 0 Å². The minimum Gasteiger partial charge on any atom is -0.380 e. The van der Waals surface area contributed by atoms with E-state index in [9.17, 15) is 4.57 Å². The molecule has 0 amide bonds. The molecule has 11 heteroatoms. The lowest BCUT2D eigenvalue weighted by atomic mass is 10.9. The molecule has 0 saturated heterocycles. The highest BCUT2D eigenvalue weighted by molar-refractivity contribution is 8.04. The molecular formula is C6H15O7PS3. The van der Waals surface area contributed by atoms with E-state index in [0.29, 0.717) is 36.1 Å². The molecule has 0 aromatic heterocycles. The molecule has 3 atom stereocenters. The summed E-state index contributed by atoms with van der Waals surface area (Å²) in [6, 6.07) is 0. The van der Waals surface area contributed by atoms with Crippen LogP contribution in [0, 0.1) is 0 Å². The maximum Gasteiger partial charge on any atom is 0.508 e. The van der Waals surface area contributed by atoms with Gasteiger partial charge in [0.25, 0.3) is 0 Å². The number of phosphoric acid groups is 1. The number of hydrogen-bond acceptors (Lipinski definition) is 10. The summed E-state index contributed by atoms with van der Waals surface area (Å²) in [6.45, 7) is 4.20. The van der Waals surface area contributed by atoms with Crippen molar-refractivity contribution in [1.29, 1.82) is 0 Å². The van der Waals surface area contributed by atoms with Gasteiger partial charge in [0.1, 0.15) is 16.3 Å². The third-order valence-corrected chi connectivity index (χ3v) is 4.88. The summed E-state index contributed by atoms with van der Waals surface area (Å²) in [4.78, 5) is 0. The minimum absolute atomic E-state index is 0.494. The van der Waals surface area contributed by atoms with Crippen LogP contribution in [0.2, 0.25) is 0 Å². The van der Waals surface area contributed by atoms with Gasteiger partial charge in [-0.1, -0.05) is 0 Å². The average Bonchev–Trinajstić information content (AvgIpc) is 2.21. The second kappa shape index (κ2) is 9.03. The van der Waals surface area contributed by atoms with Crippen molar-refractivity contribution in [3.8, 4) is 0 Å². The molecule has 0 aliphatic rings. The Morgan fingerprint density at radius 2 is 1.06 bits per heavy atom. The molecule has 0 rings (SSSR count). The molecule has 0 saturated carbocycles. The van der Waals surface area contributed by atoms with Crippen molar-refractivity contribution < 1.29 is 31.8 Å². The first-order valence-corrected chi connectivity index (χ1v) is 8.32. The van der Waals surface area contributed by atoms with Gasteiger partial charge < -0.3 is 15.3 Å². The topological polar surface area (TPSA) is 105 Å². The van der Waals surface area contributed by atoms with E-state index in [0.717, 1.165) is 0 Å². The molecule has 104 valence electrons. The van der Waals surface area contributed by atoms with Gasteiger partial charge in [-0.15, -0.1) is 0 Å². The fraction of sp³-hybridized carbons (Fsp3) is 1.00. The van der Waals surface area contributed by atoms with Crippen molar-refractivity contribution in [3.63, 3.8) is 0 Å². The monoisotopic (exact) mass is 326 g/mol. The maximum absolute atomic E-state index is 11.9. The van der Waals surface area contributed by atoms with Crippen molar-refractivity contribution in [2.75, 3.05) is 0 Å². The van der Waals surface area contributed by atoms with Crippen LogP contribution >= 0.6 is 44.0 Å². The summed E-state index contributed by atoms with van der Waals surface area (Å²) >= 11 is 1.48. The number of hydrogen-bond donors (Lipinski definition) is 3. The van der Waals surface area contributed by atoms with Crippen LogP contribution in [0.1, 0.15) is 20.8 Å². The zero-order valence-electron chi connectivity index (χ0n) is 9.38. The van der Waals surface area contributed by atoms with Gasteiger partial charge in [-0.05, 0) is 20.8 Å². The number of aliphatic hydroxyl groups excluding tert-OH is 3. The highest BCUT2D eigenvalue weighted by atomic mass is 32.2.